The maximum atomic E-state index is 10.6. The van der Waals surface area contributed by atoms with E-state index in [2.05, 4.69) is 13.8 Å². The Bertz CT molecular complexity index is 328. The minimum Gasteiger partial charge on any atom is -0.478 e. The quantitative estimate of drug-likeness (QED) is 0.697. The van der Waals surface area contributed by atoms with Gasteiger partial charge in [-0.15, -0.1) is 0 Å². The summed E-state index contributed by atoms with van der Waals surface area (Å²) < 4.78 is 0. The van der Waals surface area contributed by atoms with E-state index in [1.54, 1.807) is 12.2 Å². The number of aliphatic carboxylic acids is 2. The van der Waals surface area contributed by atoms with Gasteiger partial charge in [-0.25, -0.2) is 9.59 Å². The zero-order valence-electron chi connectivity index (χ0n) is 10.2. The lowest BCUT2D eigenvalue weighted by Gasteiger charge is -2.20. The number of allylic oxidation sites excluding steroid dienone is 2. The summed E-state index contributed by atoms with van der Waals surface area (Å²) >= 11 is 0. The molecule has 0 atom stereocenters. The number of carboxylic acid groups (broad SMARTS) is 2. The summed E-state index contributed by atoms with van der Waals surface area (Å²) in [5.41, 5.74) is -0.172. The number of carboxylic acids is 2. The van der Waals surface area contributed by atoms with Crippen LogP contribution in [0, 0.1) is 19.3 Å². The van der Waals surface area contributed by atoms with Gasteiger partial charge in [0.05, 0.1) is 0 Å². The topological polar surface area (TPSA) is 74.6 Å². The Hall–Kier alpha value is -1.58. The van der Waals surface area contributed by atoms with Gasteiger partial charge in [-0.1, -0.05) is 12.2 Å². The van der Waals surface area contributed by atoms with Crippen molar-refractivity contribution in [3.63, 3.8) is 0 Å². The van der Waals surface area contributed by atoms with Crippen LogP contribution in [-0.2, 0) is 9.59 Å². The summed E-state index contributed by atoms with van der Waals surface area (Å²) in [6, 6.07) is 0. The molecule has 0 saturated heterocycles. The SMILES string of the molecule is [CH2]C([CH2])(CC=C(C)C(=O)O)CC=C(C)C(=O)O. The summed E-state index contributed by atoms with van der Waals surface area (Å²) in [6.45, 7) is 10.7. The van der Waals surface area contributed by atoms with Gasteiger partial charge in [0.15, 0.2) is 0 Å². The van der Waals surface area contributed by atoms with Gasteiger partial charge in [-0.2, -0.15) is 0 Å². The maximum Gasteiger partial charge on any atom is 0.330 e. The fourth-order valence-electron chi connectivity index (χ4n) is 0.997. The lowest BCUT2D eigenvalue weighted by molar-refractivity contribution is -0.133. The van der Waals surface area contributed by atoms with Gasteiger partial charge < -0.3 is 10.2 Å². The van der Waals surface area contributed by atoms with Gasteiger partial charge >= 0.3 is 11.9 Å². The Morgan fingerprint density at radius 2 is 1.29 bits per heavy atom. The molecule has 0 bridgehead atoms. The molecule has 0 heterocycles. The summed E-state index contributed by atoms with van der Waals surface area (Å²) in [4.78, 5) is 21.1. The van der Waals surface area contributed by atoms with Gasteiger partial charge in [-0.3, -0.25) is 0 Å². The Labute approximate surface area is 102 Å². The second-order valence-electron chi connectivity index (χ2n) is 4.29. The van der Waals surface area contributed by atoms with Crippen molar-refractivity contribution in [2.45, 2.75) is 26.7 Å². The van der Waals surface area contributed by atoms with Crippen LogP contribution in [0.1, 0.15) is 26.7 Å². The highest BCUT2D eigenvalue weighted by Gasteiger charge is 2.16. The van der Waals surface area contributed by atoms with Crippen LogP contribution in [0.4, 0.5) is 0 Å². The van der Waals surface area contributed by atoms with Crippen LogP contribution >= 0.6 is 0 Å². The summed E-state index contributed by atoms with van der Waals surface area (Å²) in [6.07, 6.45) is 3.86. The predicted molar refractivity (Wildman–Crippen MR) is 65.2 cm³/mol. The molecule has 0 unspecified atom stereocenters. The highest BCUT2D eigenvalue weighted by Crippen LogP contribution is 2.26. The largest absolute Gasteiger partial charge is 0.478 e. The number of hydrogen-bond donors (Lipinski definition) is 2. The van der Waals surface area contributed by atoms with Crippen molar-refractivity contribution in [2.24, 2.45) is 5.41 Å². The van der Waals surface area contributed by atoms with Crippen molar-refractivity contribution >= 4 is 11.9 Å². The Balaban J connectivity index is 4.50. The summed E-state index contributed by atoms with van der Waals surface area (Å²) in [7, 11) is 0. The van der Waals surface area contributed by atoms with E-state index in [-0.39, 0.29) is 11.1 Å². The third-order valence-electron chi connectivity index (χ3n) is 2.36. The molecule has 0 aromatic rings. The normalized spacial score (nSPS) is 13.6. The second-order valence-corrected chi connectivity index (χ2v) is 4.29. The first-order valence-corrected chi connectivity index (χ1v) is 5.16. The molecule has 0 aliphatic carbocycles. The molecule has 0 fully saturated rings. The van der Waals surface area contributed by atoms with Crippen LogP contribution in [0.5, 0.6) is 0 Å². The molecule has 0 aliphatic rings. The first-order chi connectivity index (χ1) is 7.65. The monoisotopic (exact) mass is 238 g/mol. The average molecular weight is 238 g/mol. The molecule has 0 aliphatic heterocycles. The highest BCUT2D eigenvalue weighted by molar-refractivity contribution is 5.86. The van der Waals surface area contributed by atoms with Gasteiger partial charge in [0, 0.05) is 11.1 Å². The number of rotatable bonds is 6. The summed E-state index contributed by atoms with van der Waals surface area (Å²) in [5, 5.41) is 17.3. The van der Waals surface area contributed by atoms with E-state index < -0.39 is 17.4 Å². The molecule has 4 nitrogen and oxygen atoms in total. The maximum absolute atomic E-state index is 10.6. The molecular formula is C13H18O4. The second kappa shape index (κ2) is 6.23. The fraction of sp³-hybridized carbons (Fsp3) is 0.385. The molecule has 0 amide bonds. The zero-order chi connectivity index (χ0) is 13.6. The Kier molecular flexibility index (Phi) is 5.65. The van der Waals surface area contributed by atoms with Gasteiger partial charge in [0.25, 0.3) is 0 Å². The average Bonchev–Trinajstić information content (AvgIpc) is 2.22. The van der Waals surface area contributed by atoms with Crippen molar-refractivity contribution in [1.82, 2.24) is 0 Å². The van der Waals surface area contributed by atoms with Crippen LogP contribution in [0.3, 0.4) is 0 Å². The standard InChI is InChI=1S/C13H18O4/c1-9(11(14)15)5-7-13(3,4)8-6-10(2)12(16)17/h5-6H,3-4,7-8H2,1-2H3,(H,14,15)(H,16,17). The van der Waals surface area contributed by atoms with E-state index >= 15 is 0 Å². The van der Waals surface area contributed by atoms with Gasteiger partial charge in [0.1, 0.15) is 0 Å². The van der Waals surface area contributed by atoms with Gasteiger partial charge in [-0.05, 0) is 46.0 Å². The zero-order valence-corrected chi connectivity index (χ0v) is 10.2. The van der Waals surface area contributed by atoms with Crippen LogP contribution in [-0.4, -0.2) is 22.2 Å². The third-order valence-corrected chi connectivity index (χ3v) is 2.36. The van der Waals surface area contributed by atoms with Crippen molar-refractivity contribution in [2.75, 3.05) is 0 Å². The molecule has 0 aromatic heterocycles. The number of carbonyl (C=O) groups is 2. The van der Waals surface area contributed by atoms with Crippen molar-refractivity contribution in [3.8, 4) is 0 Å². The molecule has 94 valence electrons. The molecule has 2 radical (unpaired) electrons. The molecule has 4 heteroatoms. The van der Waals surface area contributed by atoms with E-state index in [0.717, 1.165) is 0 Å². The predicted octanol–water partition coefficient (Wildman–Crippen LogP) is 2.48. The highest BCUT2D eigenvalue weighted by atomic mass is 16.4. The van der Waals surface area contributed by atoms with Crippen LogP contribution in [0.15, 0.2) is 23.3 Å². The minimum absolute atomic E-state index is 0.237. The fourth-order valence-corrected chi connectivity index (χ4v) is 0.997. The van der Waals surface area contributed by atoms with Crippen LogP contribution < -0.4 is 0 Å². The smallest absolute Gasteiger partial charge is 0.330 e. The minimum atomic E-state index is -0.974. The molecule has 0 aromatic carbocycles. The van der Waals surface area contributed by atoms with E-state index in [1.165, 1.54) is 13.8 Å². The first kappa shape index (κ1) is 15.4. The van der Waals surface area contributed by atoms with Gasteiger partial charge in [0.2, 0.25) is 0 Å². The molecule has 17 heavy (non-hydrogen) atoms. The molecule has 2 N–H and O–H groups in total. The Morgan fingerprint density at radius 1 is 1.00 bits per heavy atom. The van der Waals surface area contributed by atoms with E-state index in [9.17, 15) is 9.59 Å². The Morgan fingerprint density at radius 3 is 1.53 bits per heavy atom. The van der Waals surface area contributed by atoms with E-state index in [1.807, 2.05) is 0 Å². The molecule has 0 saturated carbocycles. The molecule has 0 rings (SSSR count). The molecular weight excluding hydrogens is 220 g/mol. The van der Waals surface area contributed by atoms with E-state index in [4.69, 9.17) is 10.2 Å². The van der Waals surface area contributed by atoms with Crippen molar-refractivity contribution in [3.05, 3.63) is 37.1 Å². The van der Waals surface area contributed by atoms with Crippen LogP contribution in [0.2, 0.25) is 0 Å². The summed E-state index contributed by atoms with van der Waals surface area (Å²) in [5.74, 6) is -1.95. The third kappa shape index (κ3) is 6.56. The van der Waals surface area contributed by atoms with Crippen molar-refractivity contribution in [1.29, 1.82) is 0 Å². The van der Waals surface area contributed by atoms with E-state index in [0.29, 0.717) is 12.8 Å². The number of hydrogen-bond acceptors (Lipinski definition) is 2. The lowest BCUT2D eigenvalue weighted by Crippen LogP contribution is -2.11. The molecule has 0 spiro atoms. The lowest BCUT2D eigenvalue weighted by atomic mass is 9.84. The van der Waals surface area contributed by atoms with Crippen molar-refractivity contribution < 1.29 is 19.8 Å². The van der Waals surface area contributed by atoms with Crippen LogP contribution in [0.25, 0.3) is 0 Å². The first-order valence-electron chi connectivity index (χ1n) is 5.16.